The van der Waals surface area contributed by atoms with Gasteiger partial charge in [-0.25, -0.2) is 0 Å². The molecule has 71 heavy (non-hydrogen) atoms. The molecule has 4 bridgehead atoms. The van der Waals surface area contributed by atoms with Crippen LogP contribution in [0, 0.1) is 27.6 Å². The molecule has 8 saturated carbocycles. The van der Waals surface area contributed by atoms with Gasteiger partial charge in [0.1, 0.15) is 0 Å². The fraction of sp³-hybridized carbons (Fsp3) is 0.690. The number of amides is 2. The normalized spacial score (nSPS) is 33.6. The molecule has 0 saturated heterocycles. The number of hydrogen-bond acceptors (Lipinski definition) is 9. The van der Waals surface area contributed by atoms with Crippen LogP contribution in [0.25, 0.3) is 0 Å². The number of nitrogens with zero attached hydrogens (tertiary/aromatic N) is 1. The molecule has 5 atom stereocenters. The third-order valence-corrected chi connectivity index (χ3v) is 19.0. The van der Waals surface area contributed by atoms with Crippen molar-refractivity contribution in [2.75, 3.05) is 35.0 Å². The Kier molecular flexibility index (Phi) is 14.9. The summed E-state index contributed by atoms with van der Waals surface area (Å²) < 4.78 is 21.4. The van der Waals surface area contributed by atoms with Gasteiger partial charge in [0.25, 0.3) is 0 Å². The molecular weight excluding hydrogens is 940 g/mol. The Labute approximate surface area is 432 Å². The molecule has 390 valence electrons. The number of benzene rings is 2. The van der Waals surface area contributed by atoms with E-state index >= 15 is 0 Å². The fourth-order valence-corrected chi connectivity index (χ4v) is 14.6. The highest BCUT2D eigenvalue weighted by molar-refractivity contribution is 6.31. The zero-order valence-corrected chi connectivity index (χ0v) is 45.6. The fourth-order valence-electron chi connectivity index (χ4n) is 14.1. The first-order chi connectivity index (χ1) is 33.4. The molecule has 2 aromatic rings. The van der Waals surface area contributed by atoms with Crippen LogP contribution in [-0.4, -0.2) is 92.1 Å². The summed E-state index contributed by atoms with van der Waals surface area (Å²) in [5.41, 5.74) is 4.01. The monoisotopic (exact) mass is 1020 g/mol. The summed E-state index contributed by atoms with van der Waals surface area (Å²) in [6.07, 6.45) is 15.9. The summed E-state index contributed by atoms with van der Waals surface area (Å²) in [4.78, 5) is 53.3. The second kappa shape index (κ2) is 19.7. The minimum absolute atomic E-state index is 0.0207. The number of hydrogen-bond donors (Lipinski definition) is 2. The number of carbonyl (C=O) groups is 4. The maximum absolute atomic E-state index is 13.7. The lowest BCUT2D eigenvalue weighted by atomic mass is 9.38. The van der Waals surface area contributed by atoms with Crippen LogP contribution in [0.1, 0.15) is 167 Å². The standard InChI is InChI=1S/C29H42ClNO5.C29H38ClNO4/c1-26(2,3)10-8-19-6-7-20(13-23(19)30)29(11-9-22(35-4)12-21(29)15-32)14-24(33)31-28-16-27(17-28,18-28)25(34)36-5;1-26(2,3)10-8-19-6-7-20(13-23(19)30)29-11-9-22(34-4)12-21(29)15-31(24(32)14-29)28-16-27(17-28,18-28)25(33)35-5/h6-7,13,21-22,32H,8-12,14-18H2,1-5H3,(H,31,33);6-7,13,15,22H,8-12,14,16-18H2,1-5H3/t;22?,27?,28?,29-/m.0/s1. The largest absolute Gasteiger partial charge is 0.469 e. The number of esters is 2. The second-order valence-corrected chi connectivity index (χ2v) is 26.3. The van der Waals surface area contributed by atoms with Gasteiger partial charge >= 0.3 is 11.9 Å². The number of aryl methyl sites for hydroxylation is 2. The van der Waals surface area contributed by atoms with E-state index in [1.807, 2.05) is 11.0 Å². The SMILES string of the molecule is COC(=O)C12CC(N3C=C4CC(OC)CC[C@@]4(c4ccc(CCC(C)(C)C)c(Cl)c4)CC3=O)(C1)C2.COC(=O)C12CC(NC(=O)CC3(c4ccc(CCC(C)(C)C)c(Cl)c4)CCC(OC)CC3CO)(C1)C2. The van der Waals surface area contributed by atoms with E-state index in [9.17, 15) is 24.3 Å². The minimum atomic E-state index is -0.524. The number of carbonyl (C=O) groups excluding carboxylic acids is 4. The van der Waals surface area contributed by atoms with E-state index in [4.69, 9.17) is 42.1 Å². The summed E-state index contributed by atoms with van der Waals surface area (Å²) in [5, 5.41) is 15.2. The number of ether oxygens (including phenoxy) is 4. The topological polar surface area (TPSA) is 141 Å². The van der Waals surface area contributed by atoms with Crippen molar-refractivity contribution in [2.24, 2.45) is 27.6 Å². The molecule has 9 aliphatic rings. The molecule has 2 amide bonds. The predicted molar refractivity (Wildman–Crippen MR) is 276 cm³/mol. The third-order valence-electron chi connectivity index (χ3n) is 18.3. The van der Waals surface area contributed by atoms with Gasteiger partial charge in [-0.05, 0) is 159 Å². The number of aliphatic hydroxyl groups excluding tert-OH is 1. The molecule has 0 radical (unpaired) electrons. The highest BCUT2D eigenvalue weighted by atomic mass is 35.5. The average molecular weight is 1020 g/mol. The van der Waals surface area contributed by atoms with Crippen LogP contribution in [0.4, 0.5) is 0 Å². The second-order valence-electron chi connectivity index (χ2n) is 25.5. The average Bonchev–Trinajstić information content (AvgIpc) is 3.27. The maximum atomic E-state index is 13.7. The summed E-state index contributed by atoms with van der Waals surface area (Å²) in [6.45, 7) is 13.4. The zero-order chi connectivity index (χ0) is 51.6. The molecule has 2 N–H and O–H groups in total. The smallest absolute Gasteiger partial charge is 0.312 e. The number of fused-ring (bicyclic) bond motifs is 1. The Bertz CT molecular complexity index is 2380. The lowest BCUT2D eigenvalue weighted by molar-refractivity contribution is -0.226. The van der Waals surface area contributed by atoms with Crippen molar-refractivity contribution in [1.29, 1.82) is 0 Å². The molecule has 4 unspecified atom stereocenters. The van der Waals surface area contributed by atoms with Gasteiger partial charge in [0.2, 0.25) is 11.8 Å². The van der Waals surface area contributed by atoms with E-state index in [1.54, 1.807) is 14.2 Å². The number of nitrogens with one attached hydrogen (secondary N) is 1. The number of methoxy groups -OCH3 is 4. The molecular formula is C58H80Cl2N2O9. The van der Waals surface area contributed by atoms with Gasteiger partial charge in [0.15, 0.2) is 0 Å². The highest BCUT2D eigenvalue weighted by Gasteiger charge is 2.76. The van der Waals surface area contributed by atoms with Crippen LogP contribution in [0.2, 0.25) is 10.0 Å². The Morgan fingerprint density at radius 3 is 1.77 bits per heavy atom. The Hall–Kier alpha value is -3.48. The summed E-state index contributed by atoms with van der Waals surface area (Å²) in [5.74, 6) is -0.308. The lowest BCUT2D eigenvalue weighted by Gasteiger charge is -2.72. The molecule has 1 heterocycles. The first-order valence-corrected chi connectivity index (χ1v) is 26.9. The molecule has 13 heteroatoms. The number of halogens is 2. The molecule has 8 fully saturated rings. The Morgan fingerprint density at radius 1 is 0.746 bits per heavy atom. The highest BCUT2D eigenvalue weighted by Crippen LogP contribution is 2.71. The van der Waals surface area contributed by atoms with E-state index in [-0.39, 0.29) is 87.6 Å². The van der Waals surface area contributed by atoms with Crippen LogP contribution < -0.4 is 5.32 Å². The van der Waals surface area contributed by atoms with Crippen molar-refractivity contribution < 1.29 is 43.2 Å². The van der Waals surface area contributed by atoms with Gasteiger partial charge < -0.3 is 34.3 Å². The molecule has 1 aliphatic heterocycles. The van der Waals surface area contributed by atoms with Crippen molar-refractivity contribution in [1.82, 2.24) is 10.2 Å². The summed E-state index contributed by atoms with van der Waals surface area (Å²) >= 11 is 13.6. The van der Waals surface area contributed by atoms with Gasteiger partial charge in [0.05, 0.1) is 42.8 Å². The Morgan fingerprint density at radius 2 is 1.27 bits per heavy atom. The van der Waals surface area contributed by atoms with E-state index in [2.05, 4.69) is 83.4 Å². The van der Waals surface area contributed by atoms with Crippen LogP contribution >= 0.6 is 23.2 Å². The first kappa shape index (κ1) is 53.8. The maximum Gasteiger partial charge on any atom is 0.312 e. The van der Waals surface area contributed by atoms with Crippen LogP contribution in [-0.2, 0) is 61.8 Å². The quantitative estimate of drug-likeness (QED) is 0.167. The molecule has 0 spiro atoms. The molecule has 11 rings (SSSR count). The van der Waals surface area contributed by atoms with Gasteiger partial charge in [-0.1, -0.05) is 89.0 Å². The molecule has 2 aromatic carbocycles. The van der Waals surface area contributed by atoms with Gasteiger partial charge in [0, 0.05) is 66.3 Å². The third kappa shape index (κ3) is 10.1. The van der Waals surface area contributed by atoms with Gasteiger partial charge in [-0.15, -0.1) is 0 Å². The van der Waals surface area contributed by atoms with Crippen LogP contribution in [0.15, 0.2) is 48.2 Å². The van der Waals surface area contributed by atoms with E-state index < -0.39 is 10.8 Å². The van der Waals surface area contributed by atoms with Gasteiger partial charge in [-0.2, -0.15) is 0 Å². The van der Waals surface area contributed by atoms with Crippen LogP contribution in [0.3, 0.4) is 0 Å². The zero-order valence-electron chi connectivity index (χ0n) is 44.1. The van der Waals surface area contributed by atoms with E-state index in [1.165, 1.54) is 25.4 Å². The van der Waals surface area contributed by atoms with Crippen molar-refractivity contribution >= 4 is 47.0 Å². The minimum Gasteiger partial charge on any atom is -0.469 e. The van der Waals surface area contributed by atoms with E-state index in [0.717, 1.165) is 84.5 Å². The molecule has 11 nitrogen and oxygen atoms in total. The van der Waals surface area contributed by atoms with Crippen molar-refractivity contribution in [3.63, 3.8) is 0 Å². The molecule has 8 aliphatic carbocycles. The Balaban J connectivity index is 0.000000190. The number of aliphatic hydroxyl groups is 1. The summed E-state index contributed by atoms with van der Waals surface area (Å²) in [7, 11) is 6.35. The predicted octanol–water partition coefficient (Wildman–Crippen LogP) is 10.9. The van der Waals surface area contributed by atoms with Gasteiger partial charge in [-0.3, -0.25) is 19.2 Å². The first-order valence-electron chi connectivity index (χ1n) is 26.1. The van der Waals surface area contributed by atoms with Crippen LogP contribution in [0.5, 0.6) is 0 Å². The van der Waals surface area contributed by atoms with Crippen molar-refractivity contribution in [3.8, 4) is 0 Å². The summed E-state index contributed by atoms with van der Waals surface area (Å²) in [6, 6.07) is 12.7. The van der Waals surface area contributed by atoms with E-state index in [0.29, 0.717) is 51.4 Å². The van der Waals surface area contributed by atoms with Crippen molar-refractivity contribution in [3.05, 3.63) is 80.5 Å². The number of rotatable bonds is 15. The lowest BCUT2D eigenvalue weighted by Crippen LogP contribution is -2.77. The van der Waals surface area contributed by atoms with Crippen molar-refractivity contribution in [2.45, 2.75) is 191 Å². The molecule has 0 aromatic heterocycles.